The van der Waals surface area contributed by atoms with Gasteiger partial charge in [0.15, 0.2) is 5.89 Å². The molecule has 18 heavy (non-hydrogen) atoms. The fraction of sp³-hybridized carbons (Fsp3) is 0.357. The summed E-state index contributed by atoms with van der Waals surface area (Å²) in [6, 6.07) is 7.44. The highest BCUT2D eigenvalue weighted by Gasteiger charge is 2.21. The van der Waals surface area contributed by atoms with Crippen molar-refractivity contribution in [1.29, 1.82) is 0 Å². The minimum Gasteiger partial charge on any atom is -0.508 e. The molecule has 0 aliphatic heterocycles. The monoisotopic (exact) mass is 244 g/mol. The summed E-state index contributed by atoms with van der Waals surface area (Å²) in [5.41, 5.74) is 7.77. The summed E-state index contributed by atoms with van der Waals surface area (Å²) < 4.78 is 5.73. The molecule has 0 saturated carbocycles. The Morgan fingerprint density at radius 3 is 3.06 bits per heavy atom. The van der Waals surface area contributed by atoms with Crippen LogP contribution in [0.1, 0.15) is 29.3 Å². The number of aryl methyl sites for hydroxylation is 1. The molecule has 0 saturated heterocycles. The highest BCUT2D eigenvalue weighted by Crippen LogP contribution is 2.24. The van der Waals surface area contributed by atoms with Gasteiger partial charge in [-0.1, -0.05) is 18.2 Å². The molecule has 1 aliphatic rings. The third kappa shape index (κ3) is 2.11. The molecule has 1 aliphatic carbocycles. The molecule has 3 rings (SSSR count). The second-order valence-electron chi connectivity index (χ2n) is 4.79. The molecule has 4 heteroatoms. The quantitative estimate of drug-likeness (QED) is 0.844. The molecule has 1 aromatic carbocycles. The van der Waals surface area contributed by atoms with Crippen LogP contribution in [0, 0.1) is 0 Å². The molecular formula is C14H16N2O2. The predicted molar refractivity (Wildman–Crippen MR) is 67.4 cm³/mol. The molecule has 0 fully saturated rings. The molecule has 2 aromatic rings. The van der Waals surface area contributed by atoms with Crippen molar-refractivity contribution in [3.8, 4) is 5.75 Å². The van der Waals surface area contributed by atoms with E-state index < -0.39 is 0 Å². The fourth-order valence-corrected chi connectivity index (χ4v) is 2.35. The number of benzene rings is 1. The molecular weight excluding hydrogens is 228 g/mol. The Bertz CT molecular complexity index is 563. The number of phenolic OH excluding ortho intramolecular Hbond substituents is 1. The van der Waals surface area contributed by atoms with Crippen LogP contribution in [0.5, 0.6) is 5.75 Å². The number of nitrogens with two attached hydrogens (primary N) is 1. The SMILES string of the molecule is NC1CCc2nc(Cc3ccccc3O)oc2C1. The molecule has 3 N–H and O–H groups in total. The van der Waals surface area contributed by atoms with Gasteiger partial charge in [0, 0.05) is 18.0 Å². The first-order valence-corrected chi connectivity index (χ1v) is 6.22. The summed E-state index contributed by atoms with van der Waals surface area (Å²) >= 11 is 0. The average molecular weight is 244 g/mol. The predicted octanol–water partition coefficient (Wildman–Crippen LogP) is 1.79. The largest absolute Gasteiger partial charge is 0.508 e. The fourth-order valence-electron chi connectivity index (χ4n) is 2.35. The Kier molecular flexibility index (Phi) is 2.80. The summed E-state index contributed by atoms with van der Waals surface area (Å²) in [6.45, 7) is 0. The van der Waals surface area contributed by atoms with Crippen LogP contribution in [0.15, 0.2) is 28.7 Å². The summed E-state index contributed by atoms with van der Waals surface area (Å²) in [7, 11) is 0. The van der Waals surface area contributed by atoms with E-state index in [1.807, 2.05) is 12.1 Å². The van der Waals surface area contributed by atoms with Crippen molar-refractivity contribution in [3.05, 3.63) is 47.2 Å². The van der Waals surface area contributed by atoms with Crippen molar-refractivity contribution in [3.63, 3.8) is 0 Å². The van der Waals surface area contributed by atoms with Crippen LogP contribution in [-0.4, -0.2) is 16.1 Å². The Morgan fingerprint density at radius 1 is 1.39 bits per heavy atom. The zero-order chi connectivity index (χ0) is 12.5. The van der Waals surface area contributed by atoms with Gasteiger partial charge in [0.25, 0.3) is 0 Å². The van der Waals surface area contributed by atoms with Crippen molar-refractivity contribution in [2.45, 2.75) is 31.7 Å². The number of para-hydroxylation sites is 1. The topological polar surface area (TPSA) is 72.3 Å². The highest BCUT2D eigenvalue weighted by atomic mass is 16.4. The van der Waals surface area contributed by atoms with Gasteiger partial charge >= 0.3 is 0 Å². The number of hydrogen-bond acceptors (Lipinski definition) is 4. The van der Waals surface area contributed by atoms with Crippen molar-refractivity contribution in [1.82, 2.24) is 4.98 Å². The van der Waals surface area contributed by atoms with Crippen LogP contribution < -0.4 is 5.73 Å². The van der Waals surface area contributed by atoms with E-state index in [1.54, 1.807) is 12.1 Å². The van der Waals surface area contributed by atoms with Crippen molar-refractivity contribution in [2.75, 3.05) is 0 Å². The van der Waals surface area contributed by atoms with E-state index in [9.17, 15) is 5.11 Å². The van der Waals surface area contributed by atoms with Gasteiger partial charge in [-0.05, 0) is 18.9 Å². The first kappa shape index (κ1) is 11.3. The summed E-state index contributed by atoms with van der Waals surface area (Å²) in [4.78, 5) is 4.49. The number of hydrogen-bond donors (Lipinski definition) is 2. The number of phenols is 1. The Hall–Kier alpha value is -1.81. The second kappa shape index (κ2) is 4.46. The first-order chi connectivity index (χ1) is 8.72. The van der Waals surface area contributed by atoms with Gasteiger partial charge in [0.2, 0.25) is 0 Å². The first-order valence-electron chi connectivity index (χ1n) is 6.22. The van der Waals surface area contributed by atoms with Crippen molar-refractivity contribution < 1.29 is 9.52 Å². The van der Waals surface area contributed by atoms with E-state index >= 15 is 0 Å². The van der Waals surface area contributed by atoms with Crippen LogP contribution in [0.4, 0.5) is 0 Å². The van der Waals surface area contributed by atoms with Gasteiger partial charge in [-0.2, -0.15) is 0 Å². The van der Waals surface area contributed by atoms with E-state index in [0.29, 0.717) is 12.3 Å². The molecule has 1 unspecified atom stereocenters. The van der Waals surface area contributed by atoms with E-state index in [2.05, 4.69) is 4.98 Å². The maximum absolute atomic E-state index is 9.73. The molecule has 94 valence electrons. The normalized spacial score (nSPS) is 18.6. The molecule has 1 aromatic heterocycles. The van der Waals surface area contributed by atoms with E-state index in [1.165, 1.54) is 0 Å². The number of aromatic nitrogens is 1. The van der Waals surface area contributed by atoms with Gasteiger partial charge in [-0.3, -0.25) is 0 Å². The second-order valence-corrected chi connectivity index (χ2v) is 4.79. The van der Waals surface area contributed by atoms with Gasteiger partial charge < -0.3 is 15.3 Å². The zero-order valence-electron chi connectivity index (χ0n) is 10.1. The van der Waals surface area contributed by atoms with Crippen LogP contribution >= 0.6 is 0 Å². The Morgan fingerprint density at radius 2 is 2.22 bits per heavy atom. The van der Waals surface area contributed by atoms with Crippen LogP contribution in [0.3, 0.4) is 0 Å². The number of aromatic hydroxyl groups is 1. The minimum absolute atomic E-state index is 0.184. The lowest BCUT2D eigenvalue weighted by Crippen LogP contribution is -2.27. The summed E-state index contributed by atoms with van der Waals surface area (Å²) in [6.07, 6.45) is 3.15. The third-order valence-corrected chi connectivity index (χ3v) is 3.36. The molecule has 0 radical (unpaired) electrons. The average Bonchev–Trinajstić information content (AvgIpc) is 2.73. The molecule has 1 heterocycles. The summed E-state index contributed by atoms with van der Waals surface area (Å²) in [5.74, 6) is 1.86. The number of fused-ring (bicyclic) bond motifs is 1. The van der Waals surface area contributed by atoms with E-state index in [4.69, 9.17) is 10.2 Å². The smallest absolute Gasteiger partial charge is 0.199 e. The lowest BCUT2D eigenvalue weighted by molar-refractivity contribution is 0.423. The van der Waals surface area contributed by atoms with Gasteiger partial charge in [-0.25, -0.2) is 4.98 Å². The van der Waals surface area contributed by atoms with Gasteiger partial charge in [0.05, 0.1) is 12.1 Å². The van der Waals surface area contributed by atoms with Crippen molar-refractivity contribution in [2.24, 2.45) is 5.73 Å². The van der Waals surface area contributed by atoms with Crippen LogP contribution in [0.2, 0.25) is 0 Å². The van der Waals surface area contributed by atoms with E-state index in [-0.39, 0.29) is 11.8 Å². The standard InChI is InChI=1S/C14H16N2O2/c15-10-5-6-11-13(8-10)18-14(16-11)7-9-3-1-2-4-12(9)17/h1-4,10,17H,5-8,15H2. The highest BCUT2D eigenvalue weighted by molar-refractivity contribution is 5.34. The lowest BCUT2D eigenvalue weighted by atomic mass is 9.98. The van der Waals surface area contributed by atoms with Crippen molar-refractivity contribution >= 4 is 0 Å². The summed E-state index contributed by atoms with van der Waals surface area (Å²) in [5, 5.41) is 9.73. The number of oxazole rings is 1. The maximum Gasteiger partial charge on any atom is 0.199 e. The molecule has 0 bridgehead atoms. The van der Waals surface area contributed by atoms with Crippen LogP contribution in [-0.2, 0) is 19.3 Å². The lowest BCUT2D eigenvalue weighted by Gasteiger charge is -2.14. The molecule has 4 nitrogen and oxygen atoms in total. The molecule has 0 amide bonds. The minimum atomic E-state index is 0.184. The Labute approximate surface area is 105 Å². The van der Waals surface area contributed by atoms with E-state index in [0.717, 1.165) is 36.3 Å². The molecule has 0 spiro atoms. The maximum atomic E-state index is 9.73. The number of nitrogens with zero attached hydrogens (tertiary/aromatic N) is 1. The van der Waals surface area contributed by atoms with Gasteiger partial charge in [0.1, 0.15) is 11.5 Å². The molecule has 1 atom stereocenters. The van der Waals surface area contributed by atoms with Crippen LogP contribution in [0.25, 0.3) is 0 Å². The van der Waals surface area contributed by atoms with Gasteiger partial charge in [-0.15, -0.1) is 0 Å². The third-order valence-electron chi connectivity index (χ3n) is 3.36. The zero-order valence-corrected chi connectivity index (χ0v) is 10.1. The Balaban J connectivity index is 1.84. The number of rotatable bonds is 2.